The van der Waals surface area contributed by atoms with Crippen molar-refractivity contribution in [3.05, 3.63) is 33.4 Å². The summed E-state index contributed by atoms with van der Waals surface area (Å²) < 4.78 is 24.3. The smallest absolute Gasteiger partial charge is 0.259 e. The molecule has 1 aromatic carbocycles. The number of benzene rings is 1. The van der Waals surface area contributed by atoms with Gasteiger partial charge in [-0.05, 0) is 54.6 Å². The number of hydrogen-bond acceptors (Lipinski definition) is 5. The van der Waals surface area contributed by atoms with E-state index in [1.807, 2.05) is 29.5 Å². The van der Waals surface area contributed by atoms with Crippen LogP contribution in [0.15, 0.2) is 22.7 Å². The lowest BCUT2D eigenvalue weighted by Crippen LogP contribution is -2.39. The van der Waals surface area contributed by atoms with Crippen molar-refractivity contribution in [2.24, 2.45) is 5.73 Å². The monoisotopic (exact) mass is 391 g/mol. The van der Waals surface area contributed by atoms with Gasteiger partial charge < -0.3 is 15.0 Å². The van der Waals surface area contributed by atoms with Crippen molar-refractivity contribution >= 4 is 22.6 Å². The van der Waals surface area contributed by atoms with Gasteiger partial charge in [-0.25, -0.2) is 4.39 Å². The van der Waals surface area contributed by atoms with E-state index in [-0.39, 0.29) is 5.82 Å². The Morgan fingerprint density at radius 2 is 2.25 bits per heavy atom. The second kappa shape index (κ2) is 6.15. The zero-order valence-electron chi connectivity index (χ0n) is 11.2. The maximum atomic E-state index is 13.1. The van der Waals surface area contributed by atoms with Crippen molar-refractivity contribution in [2.45, 2.75) is 19.4 Å². The molecule has 0 radical (unpaired) electrons. The molecule has 1 atom stereocenters. The standard InChI is InChI=1S/C13H15FIN3O2/c1-3-19-7-13(2,16)12-17-11(20-18-12)9-5-4-8(14)6-10(9)15/h4-6H,3,7,16H2,1-2H3. The third-order valence-electron chi connectivity index (χ3n) is 2.70. The molecule has 0 saturated carbocycles. The van der Waals surface area contributed by atoms with E-state index in [4.69, 9.17) is 15.0 Å². The summed E-state index contributed by atoms with van der Waals surface area (Å²) >= 11 is 2.02. The Bertz CT molecular complexity index is 601. The highest BCUT2D eigenvalue weighted by molar-refractivity contribution is 14.1. The van der Waals surface area contributed by atoms with Crippen LogP contribution in [0.3, 0.4) is 0 Å². The topological polar surface area (TPSA) is 74.2 Å². The van der Waals surface area contributed by atoms with Gasteiger partial charge in [0.05, 0.1) is 12.2 Å². The zero-order chi connectivity index (χ0) is 14.8. The molecule has 1 heterocycles. The van der Waals surface area contributed by atoms with Crippen molar-refractivity contribution in [3.63, 3.8) is 0 Å². The van der Waals surface area contributed by atoms with Crippen molar-refractivity contribution in [3.8, 4) is 11.5 Å². The normalized spacial score (nSPS) is 14.2. The van der Waals surface area contributed by atoms with Gasteiger partial charge in [0.25, 0.3) is 5.89 Å². The first-order chi connectivity index (χ1) is 9.44. The number of aromatic nitrogens is 2. The van der Waals surface area contributed by atoms with E-state index in [9.17, 15) is 4.39 Å². The summed E-state index contributed by atoms with van der Waals surface area (Å²) in [5, 5.41) is 3.89. The first kappa shape index (κ1) is 15.3. The van der Waals surface area contributed by atoms with Crippen molar-refractivity contribution in [1.29, 1.82) is 0 Å². The van der Waals surface area contributed by atoms with Gasteiger partial charge >= 0.3 is 0 Å². The van der Waals surface area contributed by atoms with Crippen LogP contribution in [-0.4, -0.2) is 23.4 Å². The summed E-state index contributed by atoms with van der Waals surface area (Å²) in [5.74, 6) is 0.372. The van der Waals surface area contributed by atoms with Crippen LogP contribution < -0.4 is 5.73 Å². The molecule has 1 aromatic heterocycles. The Kier molecular flexibility index (Phi) is 4.71. The molecule has 1 unspecified atom stereocenters. The fourth-order valence-corrected chi connectivity index (χ4v) is 2.31. The molecule has 0 bridgehead atoms. The second-order valence-corrected chi connectivity index (χ2v) is 5.76. The molecule has 0 spiro atoms. The lowest BCUT2D eigenvalue weighted by molar-refractivity contribution is 0.0962. The minimum Gasteiger partial charge on any atom is -0.379 e. The molecule has 7 heteroatoms. The summed E-state index contributed by atoms with van der Waals surface area (Å²) in [6.07, 6.45) is 0. The molecule has 0 saturated heterocycles. The van der Waals surface area contributed by atoms with E-state index in [2.05, 4.69) is 10.1 Å². The molecule has 2 rings (SSSR count). The average molecular weight is 391 g/mol. The number of nitrogens with zero attached hydrogens (tertiary/aromatic N) is 2. The molecule has 5 nitrogen and oxygen atoms in total. The molecule has 20 heavy (non-hydrogen) atoms. The number of rotatable bonds is 5. The predicted molar refractivity (Wildman–Crippen MR) is 80.4 cm³/mol. The predicted octanol–water partition coefficient (Wildman–Crippen LogP) is 2.69. The van der Waals surface area contributed by atoms with Crippen LogP contribution in [0.25, 0.3) is 11.5 Å². The Balaban J connectivity index is 2.28. The molecule has 0 fully saturated rings. The van der Waals surface area contributed by atoms with Gasteiger partial charge in [0.15, 0.2) is 5.82 Å². The van der Waals surface area contributed by atoms with Crippen LogP contribution in [0.5, 0.6) is 0 Å². The second-order valence-electron chi connectivity index (χ2n) is 4.60. The third kappa shape index (κ3) is 3.33. The molecule has 0 aliphatic rings. The highest BCUT2D eigenvalue weighted by Crippen LogP contribution is 2.26. The fraction of sp³-hybridized carbons (Fsp3) is 0.385. The number of ether oxygens (including phenoxy) is 1. The van der Waals surface area contributed by atoms with Crippen LogP contribution in [0.2, 0.25) is 0 Å². The summed E-state index contributed by atoms with van der Waals surface area (Å²) in [6, 6.07) is 4.36. The fourth-order valence-electron chi connectivity index (χ4n) is 1.61. The van der Waals surface area contributed by atoms with Crippen molar-refractivity contribution in [1.82, 2.24) is 10.1 Å². The number of nitrogens with two attached hydrogens (primary N) is 1. The number of halogens is 2. The lowest BCUT2D eigenvalue weighted by Gasteiger charge is -2.19. The van der Waals surface area contributed by atoms with Gasteiger partial charge in [0.2, 0.25) is 0 Å². The minimum absolute atomic E-state index is 0.295. The van der Waals surface area contributed by atoms with Gasteiger partial charge in [-0.3, -0.25) is 0 Å². The highest BCUT2D eigenvalue weighted by Gasteiger charge is 2.28. The van der Waals surface area contributed by atoms with Gasteiger partial charge in [0, 0.05) is 10.2 Å². The molecule has 0 aliphatic carbocycles. The Labute approximate surface area is 129 Å². The Hall–Kier alpha value is -1.06. The summed E-state index contributed by atoms with van der Waals surface area (Å²) in [7, 11) is 0. The van der Waals surface area contributed by atoms with Gasteiger partial charge in [-0.1, -0.05) is 5.16 Å². The molecule has 0 aliphatic heterocycles. The SMILES string of the molecule is CCOCC(C)(N)c1noc(-c2ccc(F)cc2I)n1. The molecule has 2 N–H and O–H groups in total. The van der Waals surface area contributed by atoms with Crippen LogP contribution in [0, 0.1) is 9.39 Å². The molecule has 108 valence electrons. The Morgan fingerprint density at radius 3 is 2.90 bits per heavy atom. The zero-order valence-corrected chi connectivity index (χ0v) is 13.3. The summed E-state index contributed by atoms with van der Waals surface area (Å²) in [6.45, 7) is 4.52. The van der Waals surface area contributed by atoms with Crippen LogP contribution in [0.4, 0.5) is 4.39 Å². The van der Waals surface area contributed by atoms with Gasteiger partial charge in [0.1, 0.15) is 11.4 Å². The van der Waals surface area contributed by atoms with Gasteiger partial charge in [-0.2, -0.15) is 4.98 Å². The van der Waals surface area contributed by atoms with Crippen molar-refractivity contribution < 1.29 is 13.7 Å². The highest BCUT2D eigenvalue weighted by atomic mass is 127. The first-order valence-electron chi connectivity index (χ1n) is 6.10. The summed E-state index contributed by atoms with van der Waals surface area (Å²) in [5.41, 5.74) is 5.95. The lowest BCUT2D eigenvalue weighted by atomic mass is 10.1. The van der Waals surface area contributed by atoms with E-state index in [0.717, 1.165) is 0 Å². The van der Waals surface area contributed by atoms with Crippen LogP contribution in [0.1, 0.15) is 19.7 Å². The minimum atomic E-state index is -0.830. The van der Waals surface area contributed by atoms with Crippen molar-refractivity contribution in [2.75, 3.05) is 13.2 Å². The van der Waals surface area contributed by atoms with E-state index in [1.165, 1.54) is 12.1 Å². The number of hydrogen-bond donors (Lipinski definition) is 1. The molecular weight excluding hydrogens is 376 g/mol. The van der Waals surface area contributed by atoms with E-state index >= 15 is 0 Å². The largest absolute Gasteiger partial charge is 0.379 e. The van der Waals surface area contributed by atoms with Gasteiger partial charge in [-0.15, -0.1) is 0 Å². The van der Waals surface area contributed by atoms with Crippen LogP contribution >= 0.6 is 22.6 Å². The maximum absolute atomic E-state index is 13.1. The average Bonchev–Trinajstić information content (AvgIpc) is 2.86. The third-order valence-corrected chi connectivity index (χ3v) is 3.60. The van der Waals surface area contributed by atoms with E-state index in [0.29, 0.717) is 34.1 Å². The van der Waals surface area contributed by atoms with E-state index < -0.39 is 5.54 Å². The Morgan fingerprint density at radius 1 is 1.50 bits per heavy atom. The maximum Gasteiger partial charge on any atom is 0.259 e. The molecular formula is C13H15FIN3O2. The first-order valence-corrected chi connectivity index (χ1v) is 7.18. The molecule has 0 amide bonds. The van der Waals surface area contributed by atoms with Crippen LogP contribution in [-0.2, 0) is 10.3 Å². The molecule has 2 aromatic rings. The summed E-state index contributed by atoms with van der Waals surface area (Å²) in [4.78, 5) is 4.29. The quantitative estimate of drug-likeness (QED) is 0.794. The van der Waals surface area contributed by atoms with E-state index in [1.54, 1.807) is 13.0 Å².